The van der Waals surface area contributed by atoms with Crippen LogP contribution < -0.4 is 4.90 Å². The predicted molar refractivity (Wildman–Crippen MR) is 98.1 cm³/mol. The average molecular weight is 308 g/mol. The first-order valence-corrected chi connectivity index (χ1v) is 8.02. The van der Waals surface area contributed by atoms with Crippen molar-refractivity contribution in [3.8, 4) is 0 Å². The molecule has 2 nitrogen and oxygen atoms in total. The fraction of sp³-hybridized carbons (Fsp3) is 0.381. The topological polar surface area (TPSA) is 20.3 Å². The fourth-order valence-electron chi connectivity index (χ4n) is 2.48. The van der Waals surface area contributed by atoms with Gasteiger partial charge in [0.05, 0.1) is 0 Å². The van der Waals surface area contributed by atoms with Gasteiger partial charge in [0.25, 0.3) is 0 Å². The standard InChI is InChI=1S/C21H26NO/c1-20(2,3)16-7-11-18(12-8-16)22(15-23)19-13-9-17(10-14-19)21(4,5)6/h7-14H,1-6H3. The van der Waals surface area contributed by atoms with Crippen LogP contribution in [-0.4, -0.2) is 6.41 Å². The molecular weight excluding hydrogens is 282 g/mol. The Hall–Kier alpha value is -2.09. The zero-order valence-electron chi connectivity index (χ0n) is 15.0. The molecule has 2 aromatic rings. The van der Waals surface area contributed by atoms with E-state index >= 15 is 0 Å². The Kier molecular flexibility index (Phi) is 4.65. The number of rotatable bonds is 3. The van der Waals surface area contributed by atoms with E-state index in [4.69, 9.17) is 0 Å². The minimum absolute atomic E-state index is 0.0998. The van der Waals surface area contributed by atoms with Crippen molar-refractivity contribution < 1.29 is 4.79 Å². The van der Waals surface area contributed by atoms with Crippen molar-refractivity contribution in [1.82, 2.24) is 0 Å². The molecule has 0 unspecified atom stereocenters. The van der Waals surface area contributed by atoms with Crippen LogP contribution in [0.25, 0.3) is 0 Å². The second kappa shape index (κ2) is 6.19. The van der Waals surface area contributed by atoms with Crippen LogP contribution in [0.15, 0.2) is 48.5 Å². The van der Waals surface area contributed by atoms with Crippen LogP contribution in [0.1, 0.15) is 52.7 Å². The molecule has 0 N–H and O–H groups in total. The van der Waals surface area contributed by atoms with Crippen molar-refractivity contribution in [1.29, 1.82) is 0 Å². The van der Waals surface area contributed by atoms with E-state index in [1.807, 2.05) is 30.7 Å². The van der Waals surface area contributed by atoms with E-state index in [9.17, 15) is 4.79 Å². The molecule has 0 aromatic heterocycles. The van der Waals surface area contributed by atoms with Gasteiger partial charge in [-0.1, -0.05) is 65.8 Å². The molecule has 2 heteroatoms. The Morgan fingerprint density at radius 2 is 0.957 bits per heavy atom. The number of nitrogens with zero attached hydrogens (tertiary/aromatic N) is 1. The highest BCUT2D eigenvalue weighted by molar-refractivity contribution is 5.86. The lowest BCUT2D eigenvalue weighted by atomic mass is 9.87. The van der Waals surface area contributed by atoms with Crippen LogP contribution in [0.4, 0.5) is 11.4 Å². The van der Waals surface area contributed by atoms with Gasteiger partial charge < -0.3 is 0 Å². The highest BCUT2D eigenvalue weighted by Gasteiger charge is 2.17. The summed E-state index contributed by atoms with van der Waals surface area (Å²) in [5.41, 5.74) is 4.35. The average Bonchev–Trinajstić information content (AvgIpc) is 2.47. The van der Waals surface area contributed by atoms with Crippen LogP contribution in [0, 0.1) is 0 Å². The van der Waals surface area contributed by atoms with Crippen LogP contribution in [0.2, 0.25) is 0 Å². The van der Waals surface area contributed by atoms with E-state index in [1.54, 1.807) is 4.90 Å². The van der Waals surface area contributed by atoms with Crippen LogP contribution >= 0.6 is 0 Å². The summed E-state index contributed by atoms with van der Waals surface area (Å²) in [5.74, 6) is 0. The molecule has 0 saturated carbocycles. The second-order valence-corrected chi connectivity index (χ2v) is 8.02. The van der Waals surface area contributed by atoms with E-state index in [1.165, 1.54) is 11.1 Å². The molecule has 1 radical (unpaired) electrons. The number of hydrogen-bond acceptors (Lipinski definition) is 1. The zero-order chi connectivity index (χ0) is 17.3. The van der Waals surface area contributed by atoms with E-state index < -0.39 is 0 Å². The number of benzene rings is 2. The van der Waals surface area contributed by atoms with Crippen LogP contribution in [-0.2, 0) is 15.6 Å². The van der Waals surface area contributed by atoms with E-state index in [0.717, 1.165) is 11.4 Å². The van der Waals surface area contributed by atoms with Gasteiger partial charge in [0, 0.05) is 11.4 Å². The first kappa shape index (κ1) is 17.3. The lowest BCUT2D eigenvalue weighted by Crippen LogP contribution is -2.16. The van der Waals surface area contributed by atoms with Gasteiger partial charge in [0.2, 0.25) is 0 Å². The van der Waals surface area contributed by atoms with Crippen molar-refractivity contribution in [2.24, 2.45) is 0 Å². The number of anilines is 2. The third-order valence-electron chi connectivity index (χ3n) is 4.07. The number of hydrogen-bond donors (Lipinski definition) is 0. The van der Waals surface area contributed by atoms with Gasteiger partial charge in [-0.05, 0) is 46.2 Å². The minimum atomic E-state index is 0.0998. The summed E-state index contributed by atoms with van der Waals surface area (Å²) in [6.07, 6.45) is 2.03. The molecule has 121 valence electrons. The Morgan fingerprint density at radius 1 is 0.652 bits per heavy atom. The maximum absolute atomic E-state index is 11.5. The first-order valence-electron chi connectivity index (χ1n) is 8.02. The molecule has 2 rings (SSSR count). The molecular formula is C21H26NO. The fourth-order valence-corrected chi connectivity index (χ4v) is 2.48. The lowest BCUT2D eigenvalue weighted by Gasteiger charge is -2.23. The SMILES string of the molecule is CC(C)(C)c1ccc(N([C]=O)c2ccc(C(C)(C)C)cc2)cc1. The third kappa shape index (κ3) is 4.01. The largest absolute Gasteiger partial charge is 0.321 e. The molecule has 2 aromatic carbocycles. The maximum Gasteiger partial charge on any atom is 0.321 e. The first-order chi connectivity index (χ1) is 10.6. The molecule has 0 aliphatic carbocycles. The van der Waals surface area contributed by atoms with Gasteiger partial charge in [0.1, 0.15) is 0 Å². The minimum Gasteiger partial charge on any atom is -0.273 e. The highest BCUT2D eigenvalue weighted by Crippen LogP contribution is 2.30. The smallest absolute Gasteiger partial charge is 0.273 e. The molecule has 1 amide bonds. The summed E-state index contributed by atoms with van der Waals surface area (Å²) in [6.45, 7) is 13.1. The van der Waals surface area contributed by atoms with Crippen molar-refractivity contribution in [3.05, 3.63) is 59.7 Å². The van der Waals surface area contributed by atoms with E-state index in [-0.39, 0.29) is 10.8 Å². The molecule has 0 heterocycles. The Balaban J connectivity index is 2.31. The Morgan fingerprint density at radius 3 is 1.17 bits per heavy atom. The number of amides is 1. The summed E-state index contributed by atoms with van der Waals surface area (Å²) >= 11 is 0. The molecule has 0 saturated heterocycles. The monoisotopic (exact) mass is 308 g/mol. The quantitative estimate of drug-likeness (QED) is 0.687. The van der Waals surface area contributed by atoms with Gasteiger partial charge >= 0.3 is 6.41 Å². The number of carbonyl (C=O) groups excluding carboxylic acids is 1. The normalized spacial score (nSPS) is 12.1. The van der Waals surface area contributed by atoms with Gasteiger partial charge in [-0.2, -0.15) is 0 Å². The van der Waals surface area contributed by atoms with Crippen molar-refractivity contribution in [2.75, 3.05) is 4.90 Å². The Bertz CT molecular complexity index is 597. The van der Waals surface area contributed by atoms with Crippen molar-refractivity contribution >= 4 is 17.8 Å². The van der Waals surface area contributed by atoms with Crippen LogP contribution in [0.5, 0.6) is 0 Å². The van der Waals surface area contributed by atoms with Gasteiger partial charge in [-0.15, -0.1) is 0 Å². The Labute approximate surface area is 140 Å². The molecule has 0 spiro atoms. The van der Waals surface area contributed by atoms with E-state index in [2.05, 4.69) is 65.8 Å². The maximum atomic E-state index is 11.5. The summed E-state index contributed by atoms with van der Waals surface area (Å²) in [4.78, 5) is 13.0. The zero-order valence-corrected chi connectivity index (χ0v) is 15.0. The molecule has 0 aliphatic rings. The molecule has 0 bridgehead atoms. The highest BCUT2D eigenvalue weighted by atomic mass is 16.1. The van der Waals surface area contributed by atoms with Crippen molar-refractivity contribution in [3.63, 3.8) is 0 Å². The summed E-state index contributed by atoms with van der Waals surface area (Å²) in [5, 5.41) is 0. The molecule has 0 aliphatic heterocycles. The van der Waals surface area contributed by atoms with Gasteiger partial charge in [-0.3, -0.25) is 9.69 Å². The van der Waals surface area contributed by atoms with E-state index in [0.29, 0.717) is 0 Å². The van der Waals surface area contributed by atoms with Gasteiger partial charge in [-0.25, -0.2) is 0 Å². The third-order valence-corrected chi connectivity index (χ3v) is 4.07. The van der Waals surface area contributed by atoms with Gasteiger partial charge in [0.15, 0.2) is 0 Å². The van der Waals surface area contributed by atoms with Crippen LogP contribution in [0.3, 0.4) is 0 Å². The van der Waals surface area contributed by atoms with Crippen molar-refractivity contribution in [2.45, 2.75) is 52.4 Å². The predicted octanol–water partition coefficient (Wildman–Crippen LogP) is 5.49. The summed E-state index contributed by atoms with van der Waals surface area (Å²) in [6, 6.07) is 16.2. The lowest BCUT2D eigenvalue weighted by molar-refractivity contribution is 0.556. The summed E-state index contributed by atoms with van der Waals surface area (Å²) < 4.78 is 0. The molecule has 0 fully saturated rings. The molecule has 0 atom stereocenters. The molecule has 23 heavy (non-hydrogen) atoms. The summed E-state index contributed by atoms with van der Waals surface area (Å²) in [7, 11) is 0. The second-order valence-electron chi connectivity index (χ2n) is 8.02.